The van der Waals surface area contributed by atoms with Gasteiger partial charge in [0.05, 0.1) is 13.0 Å². The molecule has 1 aromatic rings. The summed E-state index contributed by atoms with van der Waals surface area (Å²) in [4.78, 5) is 14.2. The molecule has 0 unspecified atom stereocenters. The van der Waals surface area contributed by atoms with Gasteiger partial charge in [0.2, 0.25) is 5.91 Å². The number of aliphatic hydroxyl groups is 1. The third-order valence-corrected chi connectivity index (χ3v) is 4.17. The molecule has 0 saturated carbocycles. The molecule has 1 saturated heterocycles. The standard InChI is InChI=1S/C17H26N2O2/c1-14-5-7-15(8-6-14)12-17(21)18-9-11-19-10-3-2-4-16(19)13-20/h5-8,16,20H,2-4,9-13H2,1H3,(H,18,21)/t16-/m1/s1. The van der Waals surface area contributed by atoms with Crippen LogP contribution in [-0.4, -0.2) is 48.2 Å². The summed E-state index contributed by atoms with van der Waals surface area (Å²) >= 11 is 0. The zero-order valence-corrected chi connectivity index (χ0v) is 12.8. The van der Waals surface area contributed by atoms with E-state index in [1.54, 1.807) is 0 Å². The van der Waals surface area contributed by atoms with Crippen LogP contribution in [0.15, 0.2) is 24.3 Å². The van der Waals surface area contributed by atoms with Gasteiger partial charge in [-0.2, -0.15) is 0 Å². The second-order valence-corrected chi connectivity index (χ2v) is 5.88. The summed E-state index contributed by atoms with van der Waals surface area (Å²) in [5.74, 6) is 0.0661. The Labute approximate surface area is 127 Å². The van der Waals surface area contributed by atoms with E-state index in [-0.39, 0.29) is 18.6 Å². The van der Waals surface area contributed by atoms with E-state index < -0.39 is 0 Å². The highest BCUT2D eigenvalue weighted by atomic mass is 16.3. The predicted molar refractivity (Wildman–Crippen MR) is 84.2 cm³/mol. The summed E-state index contributed by atoms with van der Waals surface area (Å²) in [5.41, 5.74) is 2.25. The minimum Gasteiger partial charge on any atom is -0.395 e. The lowest BCUT2D eigenvalue weighted by atomic mass is 10.0. The lowest BCUT2D eigenvalue weighted by Crippen LogP contribution is -2.45. The highest BCUT2D eigenvalue weighted by Gasteiger charge is 2.20. The van der Waals surface area contributed by atoms with Crippen molar-refractivity contribution in [3.8, 4) is 0 Å². The summed E-state index contributed by atoms with van der Waals surface area (Å²) in [7, 11) is 0. The molecule has 2 N–H and O–H groups in total. The van der Waals surface area contributed by atoms with E-state index in [4.69, 9.17) is 0 Å². The first-order valence-electron chi connectivity index (χ1n) is 7.86. The molecule has 0 spiro atoms. The molecule has 1 aliphatic rings. The van der Waals surface area contributed by atoms with Crippen LogP contribution in [0.5, 0.6) is 0 Å². The number of benzene rings is 1. The van der Waals surface area contributed by atoms with Gasteiger partial charge in [0.1, 0.15) is 0 Å². The highest BCUT2D eigenvalue weighted by Crippen LogP contribution is 2.15. The Morgan fingerprint density at radius 3 is 2.81 bits per heavy atom. The van der Waals surface area contributed by atoms with Crippen LogP contribution in [0.25, 0.3) is 0 Å². The lowest BCUT2D eigenvalue weighted by molar-refractivity contribution is -0.120. The number of piperidine rings is 1. The molecule has 0 bridgehead atoms. The number of aryl methyl sites for hydroxylation is 1. The number of likely N-dealkylation sites (tertiary alicyclic amines) is 1. The molecule has 116 valence electrons. The van der Waals surface area contributed by atoms with E-state index in [1.807, 2.05) is 31.2 Å². The van der Waals surface area contributed by atoms with Crippen LogP contribution in [0.3, 0.4) is 0 Å². The Balaban J connectivity index is 1.70. The number of nitrogens with one attached hydrogen (secondary N) is 1. The number of carbonyl (C=O) groups is 1. The SMILES string of the molecule is Cc1ccc(CC(=O)NCCN2CCCC[C@@H]2CO)cc1. The van der Waals surface area contributed by atoms with Gasteiger partial charge in [0.15, 0.2) is 0 Å². The second kappa shape index (κ2) is 8.15. The summed E-state index contributed by atoms with van der Waals surface area (Å²) in [6.07, 6.45) is 3.88. The molecule has 0 aliphatic carbocycles. The van der Waals surface area contributed by atoms with Crippen molar-refractivity contribution in [1.82, 2.24) is 10.2 Å². The maximum Gasteiger partial charge on any atom is 0.224 e. The zero-order valence-electron chi connectivity index (χ0n) is 12.8. The smallest absolute Gasteiger partial charge is 0.224 e. The quantitative estimate of drug-likeness (QED) is 0.835. The molecule has 1 atom stereocenters. The topological polar surface area (TPSA) is 52.6 Å². The highest BCUT2D eigenvalue weighted by molar-refractivity contribution is 5.78. The number of amides is 1. The summed E-state index contributed by atoms with van der Waals surface area (Å²) < 4.78 is 0. The Kier molecular flexibility index (Phi) is 6.21. The van der Waals surface area contributed by atoms with Crippen LogP contribution >= 0.6 is 0 Å². The average molecular weight is 290 g/mol. The molecule has 2 rings (SSSR count). The van der Waals surface area contributed by atoms with Crippen molar-refractivity contribution in [3.63, 3.8) is 0 Å². The molecule has 21 heavy (non-hydrogen) atoms. The third-order valence-electron chi connectivity index (χ3n) is 4.17. The normalized spacial score (nSPS) is 19.4. The number of rotatable bonds is 6. The van der Waals surface area contributed by atoms with Crippen molar-refractivity contribution in [3.05, 3.63) is 35.4 Å². The number of carbonyl (C=O) groups excluding carboxylic acids is 1. The van der Waals surface area contributed by atoms with E-state index >= 15 is 0 Å². The number of nitrogens with zero attached hydrogens (tertiary/aromatic N) is 1. The van der Waals surface area contributed by atoms with Crippen LogP contribution in [0.1, 0.15) is 30.4 Å². The molecule has 4 heteroatoms. The third kappa shape index (κ3) is 5.14. The van der Waals surface area contributed by atoms with Gasteiger partial charge in [-0.15, -0.1) is 0 Å². The molecule has 1 fully saturated rings. The van der Waals surface area contributed by atoms with Gasteiger partial charge >= 0.3 is 0 Å². The van der Waals surface area contributed by atoms with Crippen molar-refractivity contribution >= 4 is 5.91 Å². The van der Waals surface area contributed by atoms with Crippen LogP contribution in [-0.2, 0) is 11.2 Å². The van der Waals surface area contributed by atoms with E-state index in [0.29, 0.717) is 13.0 Å². The summed E-state index contributed by atoms with van der Waals surface area (Å²) in [6, 6.07) is 8.33. The van der Waals surface area contributed by atoms with Gasteiger partial charge in [0.25, 0.3) is 0 Å². The fraction of sp³-hybridized carbons (Fsp3) is 0.588. The van der Waals surface area contributed by atoms with Crippen LogP contribution < -0.4 is 5.32 Å². The molecule has 1 aliphatic heterocycles. The average Bonchev–Trinajstić information content (AvgIpc) is 2.50. The van der Waals surface area contributed by atoms with Crippen molar-refractivity contribution in [1.29, 1.82) is 0 Å². The van der Waals surface area contributed by atoms with Gasteiger partial charge in [0, 0.05) is 19.1 Å². The van der Waals surface area contributed by atoms with E-state index in [2.05, 4.69) is 10.2 Å². The van der Waals surface area contributed by atoms with Gasteiger partial charge < -0.3 is 10.4 Å². The monoisotopic (exact) mass is 290 g/mol. The molecule has 1 amide bonds. The molecule has 1 aromatic carbocycles. The fourth-order valence-electron chi connectivity index (χ4n) is 2.85. The van der Waals surface area contributed by atoms with Crippen LogP contribution in [0.4, 0.5) is 0 Å². The van der Waals surface area contributed by atoms with Crippen molar-refractivity contribution < 1.29 is 9.90 Å². The lowest BCUT2D eigenvalue weighted by Gasteiger charge is -2.34. The predicted octanol–water partition coefficient (Wildman–Crippen LogP) is 1.50. The van der Waals surface area contributed by atoms with Gasteiger partial charge in [-0.1, -0.05) is 36.2 Å². The van der Waals surface area contributed by atoms with Crippen molar-refractivity contribution in [2.45, 2.75) is 38.6 Å². The summed E-state index contributed by atoms with van der Waals surface area (Å²) in [6.45, 7) is 4.77. The van der Waals surface area contributed by atoms with Gasteiger partial charge in [-0.3, -0.25) is 9.69 Å². The first-order valence-corrected chi connectivity index (χ1v) is 7.86. The molecule has 0 aromatic heterocycles. The Morgan fingerprint density at radius 1 is 1.33 bits per heavy atom. The van der Waals surface area contributed by atoms with E-state index in [9.17, 15) is 9.90 Å². The molecule has 0 radical (unpaired) electrons. The first kappa shape index (κ1) is 16.0. The maximum absolute atomic E-state index is 11.9. The fourth-order valence-corrected chi connectivity index (χ4v) is 2.85. The Bertz CT molecular complexity index is 445. The minimum atomic E-state index is 0.0661. The zero-order chi connectivity index (χ0) is 15.1. The molecule has 4 nitrogen and oxygen atoms in total. The van der Waals surface area contributed by atoms with E-state index in [1.165, 1.54) is 18.4 Å². The molecule has 1 heterocycles. The minimum absolute atomic E-state index is 0.0661. The number of hydrogen-bond acceptors (Lipinski definition) is 3. The van der Waals surface area contributed by atoms with Gasteiger partial charge in [-0.05, 0) is 31.9 Å². The number of hydrogen-bond donors (Lipinski definition) is 2. The van der Waals surface area contributed by atoms with Crippen molar-refractivity contribution in [2.75, 3.05) is 26.2 Å². The van der Waals surface area contributed by atoms with Crippen LogP contribution in [0.2, 0.25) is 0 Å². The molecular formula is C17H26N2O2. The van der Waals surface area contributed by atoms with Crippen molar-refractivity contribution in [2.24, 2.45) is 0 Å². The largest absolute Gasteiger partial charge is 0.395 e. The Morgan fingerprint density at radius 2 is 2.10 bits per heavy atom. The maximum atomic E-state index is 11.9. The first-order chi connectivity index (χ1) is 10.2. The second-order valence-electron chi connectivity index (χ2n) is 5.88. The number of aliphatic hydroxyl groups excluding tert-OH is 1. The Hall–Kier alpha value is -1.39. The van der Waals surface area contributed by atoms with Crippen LogP contribution in [0, 0.1) is 6.92 Å². The molecular weight excluding hydrogens is 264 g/mol. The summed E-state index contributed by atoms with van der Waals surface area (Å²) in [5, 5.41) is 12.3. The van der Waals surface area contributed by atoms with Gasteiger partial charge in [-0.25, -0.2) is 0 Å². The van der Waals surface area contributed by atoms with E-state index in [0.717, 1.165) is 25.1 Å².